The summed E-state index contributed by atoms with van der Waals surface area (Å²) in [6.07, 6.45) is 7.78. The van der Waals surface area contributed by atoms with Crippen LogP contribution in [0, 0.1) is 12.3 Å². The normalized spacial score (nSPS) is 25.2. The molecule has 0 saturated heterocycles. The number of hydrogen-bond donors (Lipinski definition) is 1. The van der Waals surface area contributed by atoms with Gasteiger partial charge in [0.2, 0.25) is 0 Å². The van der Waals surface area contributed by atoms with Gasteiger partial charge in [0.25, 0.3) is 0 Å². The Morgan fingerprint density at radius 3 is 3.23 bits per heavy atom. The number of aliphatic hydroxyl groups excluding tert-OH is 1. The van der Waals surface area contributed by atoms with E-state index < -0.39 is 6.10 Å². The molecule has 1 atom stereocenters. The van der Waals surface area contributed by atoms with Crippen LogP contribution in [0.4, 0.5) is 0 Å². The van der Waals surface area contributed by atoms with Crippen molar-refractivity contribution in [2.45, 2.75) is 25.9 Å². The van der Waals surface area contributed by atoms with Crippen molar-refractivity contribution in [2.24, 2.45) is 5.16 Å². The number of hydrogen-bond acceptors (Lipinski definition) is 3. The Balaban J connectivity index is 2.75. The predicted octanol–water partition coefficient (Wildman–Crippen LogP) is 1.09. The lowest BCUT2D eigenvalue weighted by Crippen LogP contribution is -2.22. The number of oxime groups is 1. The first-order valence-electron chi connectivity index (χ1n) is 4.33. The highest BCUT2D eigenvalue weighted by atomic mass is 16.6. The summed E-state index contributed by atoms with van der Waals surface area (Å²) in [5.41, 5.74) is 1.39. The fourth-order valence-corrected chi connectivity index (χ4v) is 1.13. The number of aliphatic hydroxyl groups is 1. The fraction of sp³-hybridized carbons (Fsp3) is 0.500. The van der Waals surface area contributed by atoms with E-state index in [0.29, 0.717) is 18.7 Å². The minimum atomic E-state index is -0.538. The monoisotopic (exact) mass is 179 g/mol. The topological polar surface area (TPSA) is 41.8 Å². The molecule has 0 saturated carbocycles. The van der Waals surface area contributed by atoms with Crippen LogP contribution < -0.4 is 0 Å². The molecule has 1 N–H and O–H groups in total. The van der Waals surface area contributed by atoms with Gasteiger partial charge in [-0.1, -0.05) is 11.1 Å². The average Bonchev–Trinajstić information content (AvgIpc) is 2.17. The quantitative estimate of drug-likeness (QED) is 0.509. The average molecular weight is 179 g/mol. The van der Waals surface area contributed by atoms with Gasteiger partial charge in [-0.05, 0) is 25.8 Å². The molecule has 3 heteroatoms. The van der Waals surface area contributed by atoms with Crippen LogP contribution >= 0.6 is 0 Å². The molecule has 0 amide bonds. The van der Waals surface area contributed by atoms with Crippen molar-refractivity contribution in [3.05, 3.63) is 11.6 Å². The molecule has 1 aliphatic carbocycles. The molecule has 0 aromatic heterocycles. The Labute approximate surface area is 78.1 Å². The molecule has 70 valence electrons. The Kier molecular flexibility index (Phi) is 3.53. The summed E-state index contributed by atoms with van der Waals surface area (Å²) in [6, 6.07) is 0. The maximum absolute atomic E-state index is 9.48. The molecule has 0 bridgehead atoms. The molecule has 0 radical (unpaired) electrons. The predicted molar refractivity (Wildman–Crippen MR) is 51.2 cm³/mol. The minimum absolute atomic E-state index is 0.495. The van der Waals surface area contributed by atoms with Gasteiger partial charge in [-0.3, -0.25) is 0 Å². The van der Waals surface area contributed by atoms with E-state index in [2.05, 4.69) is 11.1 Å². The Morgan fingerprint density at radius 1 is 1.85 bits per heavy atom. The van der Waals surface area contributed by atoms with Gasteiger partial charge >= 0.3 is 0 Å². The summed E-state index contributed by atoms with van der Waals surface area (Å²) < 4.78 is 0. The Hall–Kier alpha value is -1.27. The molecule has 0 aliphatic heterocycles. The van der Waals surface area contributed by atoms with E-state index in [-0.39, 0.29) is 0 Å². The molecule has 0 heterocycles. The largest absolute Gasteiger partial charge is 0.396 e. The molecule has 3 nitrogen and oxygen atoms in total. The zero-order valence-electron chi connectivity index (χ0n) is 7.66. The smallest absolute Gasteiger partial charge is 0.114 e. The molecular weight excluding hydrogens is 166 g/mol. The second-order valence-corrected chi connectivity index (χ2v) is 2.80. The van der Waals surface area contributed by atoms with E-state index in [1.165, 1.54) is 0 Å². The van der Waals surface area contributed by atoms with E-state index in [1.54, 1.807) is 6.08 Å². The van der Waals surface area contributed by atoms with Crippen molar-refractivity contribution in [3.63, 3.8) is 0 Å². The number of nitrogens with zero attached hydrogens (tertiary/aromatic N) is 1. The van der Waals surface area contributed by atoms with Gasteiger partial charge < -0.3 is 9.94 Å². The summed E-state index contributed by atoms with van der Waals surface area (Å²) in [4.78, 5) is 4.85. The highest BCUT2D eigenvalue weighted by molar-refractivity contribution is 5.99. The number of terminal acetylenes is 1. The van der Waals surface area contributed by atoms with Gasteiger partial charge in [0.15, 0.2) is 0 Å². The molecule has 0 fully saturated rings. The molecule has 0 aromatic rings. The first kappa shape index (κ1) is 9.82. The number of rotatable bonds is 2. The van der Waals surface area contributed by atoms with Crippen molar-refractivity contribution < 1.29 is 9.94 Å². The van der Waals surface area contributed by atoms with Crippen molar-refractivity contribution >= 4 is 5.71 Å². The highest BCUT2D eigenvalue weighted by Crippen LogP contribution is 2.15. The van der Waals surface area contributed by atoms with E-state index >= 15 is 0 Å². The van der Waals surface area contributed by atoms with E-state index in [1.807, 2.05) is 6.92 Å². The first-order valence-corrected chi connectivity index (χ1v) is 4.33. The minimum Gasteiger partial charge on any atom is -0.396 e. The maximum atomic E-state index is 9.48. The second-order valence-electron chi connectivity index (χ2n) is 2.80. The van der Waals surface area contributed by atoms with Gasteiger partial charge in [0.05, 0.1) is 6.10 Å². The van der Waals surface area contributed by atoms with Gasteiger partial charge in [-0.15, -0.1) is 6.42 Å². The molecule has 1 aliphatic rings. The van der Waals surface area contributed by atoms with Gasteiger partial charge in [0, 0.05) is 5.57 Å². The first-order chi connectivity index (χ1) is 6.27. The second kappa shape index (κ2) is 4.68. The number of allylic oxidation sites excluding steroid dienone is 1. The summed E-state index contributed by atoms with van der Waals surface area (Å²) in [6.45, 7) is 2.33. The highest BCUT2D eigenvalue weighted by Gasteiger charge is 2.17. The van der Waals surface area contributed by atoms with Crippen LogP contribution in [0.5, 0.6) is 0 Å². The van der Waals surface area contributed by atoms with Crippen LogP contribution in [0.1, 0.15) is 19.8 Å². The molecular formula is C10H13NO2. The van der Waals surface area contributed by atoms with Crippen molar-refractivity contribution in [3.8, 4) is 12.3 Å². The summed E-state index contributed by atoms with van der Waals surface area (Å²) >= 11 is 0. The molecule has 13 heavy (non-hydrogen) atoms. The van der Waals surface area contributed by atoms with Crippen molar-refractivity contribution in [2.75, 3.05) is 6.61 Å². The zero-order chi connectivity index (χ0) is 9.68. The van der Waals surface area contributed by atoms with Crippen LogP contribution in [-0.2, 0) is 4.84 Å². The molecule has 0 aromatic carbocycles. The van der Waals surface area contributed by atoms with E-state index in [9.17, 15) is 5.11 Å². The lowest BCUT2D eigenvalue weighted by atomic mass is 9.96. The van der Waals surface area contributed by atoms with Gasteiger partial charge in [-0.2, -0.15) is 0 Å². The summed E-state index contributed by atoms with van der Waals surface area (Å²) in [5, 5.41) is 13.3. The lowest BCUT2D eigenvalue weighted by Gasteiger charge is -2.15. The maximum Gasteiger partial charge on any atom is 0.114 e. The van der Waals surface area contributed by atoms with Crippen LogP contribution in [0.2, 0.25) is 0 Å². The summed E-state index contributed by atoms with van der Waals surface area (Å²) in [7, 11) is 0. The summed E-state index contributed by atoms with van der Waals surface area (Å²) in [5.74, 6) is 2.54. The third-order valence-electron chi connectivity index (χ3n) is 1.84. The standard InChI is InChI=1S/C10H13NO2/c1-3-8-5-6-10(12)9(7-8)11-13-4-2/h1,7,10,12H,4-6H2,2H3/b11-9-. The third-order valence-corrected chi connectivity index (χ3v) is 1.84. The molecule has 1 unspecified atom stereocenters. The van der Waals surface area contributed by atoms with Gasteiger partial charge in [0.1, 0.15) is 12.3 Å². The van der Waals surface area contributed by atoms with Crippen LogP contribution in [0.3, 0.4) is 0 Å². The van der Waals surface area contributed by atoms with Crippen LogP contribution in [0.25, 0.3) is 0 Å². The fourth-order valence-electron chi connectivity index (χ4n) is 1.13. The molecule has 0 spiro atoms. The lowest BCUT2D eigenvalue weighted by molar-refractivity contribution is 0.149. The van der Waals surface area contributed by atoms with E-state index in [4.69, 9.17) is 11.3 Å². The van der Waals surface area contributed by atoms with Gasteiger partial charge in [-0.25, -0.2) is 0 Å². The van der Waals surface area contributed by atoms with Crippen molar-refractivity contribution in [1.29, 1.82) is 0 Å². The van der Waals surface area contributed by atoms with E-state index in [0.717, 1.165) is 12.0 Å². The van der Waals surface area contributed by atoms with Crippen LogP contribution in [-0.4, -0.2) is 23.5 Å². The SMILES string of the molecule is C#CC1=C/C(=N/OCC)C(O)CC1. The third kappa shape index (κ3) is 2.60. The molecule has 1 rings (SSSR count). The zero-order valence-corrected chi connectivity index (χ0v) is 7.66. The Morgan fingerprint density at radius 2 is 2.62 bits per heavy atom. The Bertz CT molecular complexity index is 273. The van der Waals surface area contributed by atoms with Crippen LogP contribution in [0.15, 0.2) is 16.8 Å². The van der Waals surface area contributed by atoms with Crippen molar-refractivity contribution in [1.82, 2.24) is 0 Å².